The van der Waals surface area contributed by atoms with Gasteiger partial charge in [0.1, 0.15) is 0 Å². The molecular formula is C24H25N3O5S. The summed E-state index contributed by atoms with van der Waals surface area (Å²) in [5.74, 6) is -0.290. The van der Waals surface area contributed by atoms with Gasteiger partial charge in [-0.1, -0.05) is 48.5 Å². The summed E-state index contributed by atoms with van der Waals surface area (Å²) in [6, 6.07) is 21.7. The molecule has 0 saturated heterocycles. The van der Waals surface area contributed by atoms with Gasteiger partial charge in [0.2, 0.25) is 10.0 Å². The van der Waals surface area contributed by atoms with Crippen molar-refractivity contribution in [3.8, 4) is 11.5 Å². The number of nitrogens with zero attached hydrogens (tertiary/aromatic N) is 2. The Morgan fingerprint density at radius 2 is 1.73 bits per heavy atom. The van der Waals surface area contributed by atoms with E-state index < -0.39 is 22.5 Å². The fraction of sp³-hybridized carbons (Fsp3) is 0.167. The molecule has 1 amide bonds. The van der Waals surface area contributed by atoms with E-state index in [2.05, 4.69) is 10.5 Å². The molecule has 0 radical (unpaired) electrons. The summed E-state index contributed by atoms with van der Waals surface area (Å²) < 4.78 is 32.8. The SMILES string of the molecule is CCOc1cc(C=NNC(=O)CN(Cc2ccccc2)S(=O)(=O)c2ccccc2)ccc1O. The van der Waals surface area contributed by atoms with Crippen molar-refractivity contribution in [2.75, 3.05) is 13.2 Å². The zero-order chi connectivity index (χ0) is 23.7. The third kappa shape index (κ3) is 6.64. The maximum absolute atomic E-state index is 13.2. The maximum atomic E-state index is 13.2. The van der Waals surface area contributed by atoms with Crippen molar-refractivity contribution in [3.63, 3.8) is 0 Å². The van der Waals surface area contributed by atoms with Crippen LogP contribution in [-0.2, 0) is 21.4 Å². The molecule has 0 aliphatic rings. The molecule has 9 heteroatoms. The summed E-state index contributed by atoms with van der Waals surface area (Å²) >= 11 is 0. The van der Waals surface area contributed by atoms with E-state index in [1.807, 2.05) is 6.07 Å². The lowest BCUT2D eigenvalue weighted by Crippen LogP contribution is -2.39. The van der Waals surface area contributed by atoms with Crippen LogP contribution in [0.3, 0.4) is 0 Å². The summed E-state index contributed by atoms with van der Waals surface area (Å²) in [5.41, 5.74) is 3.70. The van der Waals surface area contributed by atoms with Gasteiger partial charge in [0.05, 0.1) is 24.3 Å². The second-order valence-electron chi connectivity index (χ2n) is 7.03. The van der Waals surface area contributed by atoms with E-state index in [9.17, 15) is 18.3 Å². The van der Waals surface area contributed by atoms with Gasteiger partial charge in [-0.25, -0.2) is 13.8 Å². The highest BCUT2D eigenvalue weighted by Crippen LogP contribution is 2.26. The normalized spacial score (nSPS) is 11.6. The zero-order valence-electron chi connectivity index (χ0n) is 18.1. The van der Waals surface area contributed by atoms with Crippen molar-refractivity contribution in [1.82, 2.24) is 9.73 Å². The Balaban J connectivity index is 1.73. The molecule has 3 aromatic carbocycles. The first-order chi connectivity index (χ1) is 15.9. The average molecular weight is 468 g/mol. The summed E-state index contributed by atoms with van der Waals surface area (Å²) in [5, 5.41) is 13.7. The number of carbonyl (C=O) groups is 1. The number of amides is 1. The maximum Gasteiger partial charge on any atom is 0.255 e. The highest BCUT2D eigenvalue weighted by atomic mass is 32.2. The molecule has 0 aliphatic heterocycles. The largest absolute Gasteiger partial charge is 0.504 e. The number of rotatable bonds is 10. The Morgan fingerprint density at radius 3 is 2.39 bits per heavy atom. The summed E-state index contributed by atoms with van der Waals surface area (Å²) in [4.78, 5) is 12.6. The van der Waals surface area contributed by atoms with Crippen LogP contribution in [0.1, 0.15) is 18.1 Å². The molecule has 33 heavy (non-hydrogen) atoms. The summed E-state index contributed by atoms with van der Waals surface area (Å²) in [6.07, 6.45) is 1.38. The first-order valence-electron chi connectivity index (χ1n) is 10.3. The van der Waals surface area contributed by atoms with Crippen molar-refractivity contribution in [2.24, 2.45) is 5.10 Å². The average Bonchev–Trinajstić information content (AvgIpc) is 2.82. The van der Waals surface area contributed by atoms with E-state index in [1.54, 1.807) is 61.5 Å². The summed E-state index contributed by atoms with van der Waals surface area (Å²) in [6.45, 7) is 1.80. The number of benzene rings is 3. The van der Waals surface area contributed by atoms with E-state index in [-0.39, 0.29) is 17.2 Å². The minimum absolute atomic E-state index is 0.000655. The van der Waals surface area contributed by atoms with Crippen molar-refractivity contribution in [2.45, 2.75) is 18.4 Å². The van der Waals surface area contributed by atoms with Crippen molar-refractivity contribution in [1.29, 1.82) is 0 Å². The van der Waals surface area contributed by atoms with Crippen LogP contribution in [0, 0.1) is 0 Å². The minimum Gasteiger partial charge on any atom is -0.504 e. The number of carbonyl (C=O) groups excluding carboxylic acids is 1. The third-order valence-corrected chi connectivity index (χ3v) is 6.40. The lowest BCUT2D eigenvalue weighted by molar-refractivity contribution is -0.121. The molecule has 0 atom stereocenters. The molecule has 0 spiro atoms. The topological polar surface area (TPSA) is 108 Å². The van der Waals surface area contributed by atoms with Gasteiger partial charge in [0.25, 0.3) is 5.91 Å². The number of sulfonamides is 1. The van der Waals surface area contributed by atoms with Gasteiger partial charge in [0.15, 0.2) is 11.5 Å². The first-order valence-corrected chi connectivity index (χ1v) is 11.7. The van der Waals surface area contributed by atoms with Gasteiger partial charge in [0, 0.05) is 6.54 Å². The van der Waals surface area contributed by atoms with Crippen LogP contribution in [0.2, 0.25) is 0 Å². The molecule has 0 fully saturated rings. The van der Waals surface area contributed by atoms with E-state index in [4.69, 9.17) is 4.74 Å². The van der Waals surface area contributed by atoms with Gasteiger partial charge in [-0.15, -0.1) is 0 Å². The summed E-state index contributed by atoms with van der Waals surface area (Å²) in [7, 11) is -3.91. The third-order valence-electron chi connectivity index (χ3n) is 4.59. The van der Waals surface area contributed by atoms with Crippen molar-refractivity contribution < 1.29 is 23.1 Å². The fourth-order valence-corrected chi connectivity index (χ4v) is 4.42. The molecule has 0 aliphatic carbocycles. The highest BCUT2D eigenvalue weighted by molar-refractivity contribution is 7.89. The molecule has 2 N–H and O–H groups in total. The second-order valence-corrected chi connectivity index (χ2v) is 8.96. The predicted octanol–water partition coefficient (Wildman–Crippen LogP) is 3.13. The van der Waals surface area contributed by atoms with Crippen LogP contribution in [-0.4, -0.2) is 43.1 Å². The number of hydrazone groups is 1. The smallest absolute Gasteiger partial charge is 0.255 e. The monoisotopic (exact) mass is 467 g/mol. The Kier molecular flexibility index (Phi) is 8.17. The van der Waals surface area contributed by atoms with E-state index >= 15 is 0 Å². The predicted molar refractivity (Wildman–Crippen MR) is 125 cm³/mol. The Labute approximate surface area is 193 Å². The van der Waals surface area contributed by atoms with Gasteiger partial charge < -0.3 is 9.84 Å². The first kappa shape index (κ1) is 24.0. The Hall–Kier alpha value is -3.69. The van der Waals surface area contributed by atoms with Crippen LogP contribution >= 0.6 is 0 Å². The van der Waals surface area contributed by atoms with Gasteiger partial charge in [-0.2, -0.15) is 9.41 Å². The standard InChI is InChI=1S/C24H25N3O5S/c1-2-32-23-15-20(13-14-22(23)28)16-25-26-24(29)18-27(17-19-9-5-3-6-10-19)33(30,31)21-11-7-4-8-12-21/h3-16,28H,2,17-18H2,1H3,(H,26,29). The van der Waals surface area contributed by atoms with Crippen molar-refractivity contribution in [3.05, 3.63) is 90.0 Å². The molecule has 0 bridgehead atoms. The molecule has 3 rings (SSSR count). The van der Waals surface area contributed by atoms with Crippen LogP contribution < -0.4 is 10.2 Å². The number of ether oxygens (including phenoxy) is 1. The molecule has 8 nitrogen and oxygen atoms in total. The van der Waals surface area contributed by atoms with Crippen LogP contribution in [0.15, 0.2) is 88.9 Å². The van der Waals surface area contributed by atoms with Crippen LogP contribution in [0.4, 0.5) is 0 Å². The van der Waals surface area contributed by atoms with E-state index in [0.717, 1.165) is 9.87 Å². The second kappa shape index (κ2) is 11.3. The quantitative estimate of drug-likeness (QED) is 0.352. The molecule has 0 saturated carbocycles. The molecular weight excluding hydrogens is 442 g/mol. The number of phenolic OH excluding ortho intramolecular Hbond substituents is 1. The molecule has 172 valence electrons. The van der Waals surface area contributed by atoms with Gasteiger partial charge in [-0.05, 0) is 48.4 Å². The van der Waals surface area contributed by atoms with Crippen LogP contribution in [0.25, 0.3) is 0 Å². The number of nitrogens with one attached hydrogen (secondary N) is 1. The molecule has 0 aromatic heterocycles. The minimum atomic E-state index is -3.91. The zero-order valence-corrected chi connectivity index (χ0v) is 18.9. The van der Waals surface area contributed by atoms with E-state index in [0.29, 0.717) is 17.9 Å². The molecule has 0 unspecified atom stereocenters. The fourth-order valence-electron chi connectivity index (χ4n) is 3.01. The molecule has 3 aromatic rings. The van der Waals surface area contributed by atoms with E-state index in [1.165, 1.54) is 24.4 Å². The lowest BCUT2D eigenvalue weighted by Gasteiger charge is -2.21. The van der Waals surface area contributed by atoms with Gasteiger partial charge >= 0.3 is 0 Å². The van der Waals surface area contributed by atoms with Crippen molar-refractivity contribution >= 4 is 22.1 Å². The van der Waals surface area contributed by atoms with Crippen LogP contribution in [0.5, 0.6) is 11.5 Å². The number of hydrogen-bond donors (Lipinski definition) is 2. The molecule has 0 heterocycles. The lowest BCUT2D eigenvalue weighted by atomic mass is 10.2. The number of hydrogen-bond acceptors (Lipinski definition) is 6. The Morgan fingerprint density at radius 1 is 1.06 bits per heavy atom. The number of aromatic hydroxyl groups is 1. The highest BCUT2D eigenvalue weighted by Gasteiger charge is 2.26. The number of phenols is 1. The Bertz CT molecular complexity index is 1200. The van der Waals surface area contributed by atoms with Gasteiger partial charge in [-0.3, -0.25) is 4.79 Å².